The van der Waals surface area contributed by atoms with Crippen molar-refractivity contribution < 1.29 is 0 Å². The Morgan fingerprint density at radius 2 is 2.00 bits per heavy atom. The van der Waals surface area contributed by atoms with Gasteiger partial charge in [0, 0.05) is 23.9 Å². The zero-order valence-corrected chi connectivity index (χ0v) is 12.1. The lowest BCUT2D eigenvalue weighted by molar-refractivity contribution is 0.432. The van der Waals surface area contributed by atoms with Crippen LogP contribution in [0.2, 0.25) is 0 Å². The predicted molar refractivity (Wildman–Crippen MR) is 74.9 cm³/mol. The number of H-pyrrole nitrogens is 1. The Balaban J connectivity index is 2.09. The third-order valence-corrected chi connectivity index (χ3v) is 4.21. The normalized spacial score (nSPS) is 17.8. The number of hydrogen-bond acceptors (Lipinski definition) is 1. The number of aromatic nitrogens is 2. The molecule has 1 heterocycles. The van der Waals surface area contributed by atoms with Crippen molar-refractivity contribution in [1.82, 2.24) is 9.55 Å². The van der Waals surface area contributed by atoms with Crippen LogP contribution in [0.5, 0.6) is 0 Å². The van der Waals surface area contributed by atoms with Crippen molar-refractivity contribution in [2.24, 2.45) is 5.92 Å². The molecule has 1 aromatic heterocycles. The van der Waals surface area contributed by atoms with Gasteiger partial charge in [0.05, 0.1) is 0 Å². The molecule has 1 fully saturated rings. The van der Waals surface area contributed by atoms with E-state index in [-0.39, 0.29) is 5.41 Å². The molecule has 2 nitrogen and oxygen atoms in total. The quantitative estimate of drug-likeness (QED) is 0.790. The van der Waals surface area contributed by atoms with Crippen molar-refractivity contribution in [3.63, 3.8) is 0 Å². The molecule has 3 heteroatoms. The molecule has 0 aliphatic heterocycles. The zero-order chi connectivity index (χ0) is 12.5. The molecule has 2 rings (SSSR count). The summed E-state index contributed by atoms with van der Waals surface area (Å²) in [5.74, 6) is 0.930. The van der Waals surface area contributed by atoms with Gasteiger partial charge in [-0.2, -0.15) is 0 Å². The highest BCUT2D eigenvalue weighted by molar-refractivity contribution is 7.71. The fraction of sp³-hybridized carbons (Fsp3) is 0.786. The van der Waals surface area contributed by atoms with Gasteiger partial charge in [-0.1, -0.05) is 46.5 Å². The Hall–Kier alpha value is -0.570. The molecule has 96 valence electrons. The van der Waals surface area contributed by atoms with E-state index in [2.05, 4.69) is 36.5 Å². The van der Waals surface area contributed by atoms with Crippen molar-refractivity contribution in [3.05, 3.63) is 16.7 Å². The molecule has 1 aliphatic carbocycles. The number of hydrogen-bond donors (Lipinski definition) is 1. The Morgan fingerprint density at radius 1 is 1.35 bits per heavy atom. The Bertz CT molecular complexity index is 416. The first-order valence-electron chi connectivity index (χ1n) is 6.77. The van der Waals surface area contributed by atoms with Crippen LogP contribution in [0.1, 0.15) is 58.6 Å². The van der Waals surface area contributed by atoms with E-state index in [9.17, 15) is 0 Å². The standard InChI is InChI=1S/C14H24N2S/c1-14(2,3)12-10-15-13(17)16(12)9-8-11-6-4-5-7-11/h10-11H,4-9H2,1-3H3,(H,15,17). The van der Waals surface area contributed by atoms with Crippen molar-refractivity contribution in [3.8, 4) is 0 Å². The zero-order valence-electron chi connectivity index (χ0n) is 11.3. The van der Waals surface area contributed by atoms with Gasteiger partial charge in [0.2, 0.25) is 0 Å². The molecule has 0 radical (unpaired) electrons. The van der Waals surface area contributed by atoms with E-state index < -0.39 is 0 Å². The fourth-order valence-corrected chi connectivity index (χ4v) is 3.10. The summed E-state index contributed by atoms with van der Waals surface area (Å²) in [7, 11) is 0. The highest BCUT2D eigenvalue weighted by Gasteiger charge is 2.20. The third kappa shape index (κ3) is 3.01. The molecule has 1 aliphatic rings. The molecule has 0 amide bonds. The van der Waals surface area contributed by atoms with Gasteiger partial charge in [-0.05, 0) is 24.6 Å². The summed E-state index contributed by atoms with van der Waals surface area (Å²) >= 11 is 5.39. The van der Waals surface area contributed by atoms with E-state index in [1.165, 1.54) is 37.8 Å². The summed E-state index contributed by atoms with van der Waals surface area (Å²) in [6.07, 6.45) is 9.06. The molecule has 0 aromatic carbocycles. The van der Waals surface area contributed by atoms with Crippen molar-refractivity contribution in [2.45, 2.75) is 64.8 Å². The van der Waals surface area contributed by atoms with Gasteiger partial charge in [-0.25, -0.2) is 0 Å². The van der Waals surface area contributed by atoms with Crippen LogP contribution in [-0.4, -0.2) is 9.55 Å². The van der Waals surface area contributed by atoms with Crippen molar-refractivity contribution in [2.75, 3.05) is 0 Å². The van der Waals surface area contributed by atoms with Gasteiger partial charge in [0.15, 0.2) is 4.77 Å². The molecular formula is C14H24N2S. The van der Waals surface area contributed by atoms with Crippen LogP contribution in [0.3, 0.4) is 0 Å². The van der Waals surface area contributed by atoms with E-state index in [1.54, 1.807) is 0 Å². The SMILES string of the molecule is CC(C)(C)c1c[nH]c(=S)n1CCC1CCCC1. The summed E-state index contributed by atoms with van der Waals surface area (Å²) in [5.41, 5.74) is 1.50. The number of rotatable bonds is 3. The molecule has 0 unspecified atom stereocenters. The molecule has 0 spiro atoms. The first-order chi connectivity index (χ1) is 7.98. The van der Waals surface area contributed by atoms with E-state index in [4.69, 9.17) is 12.2 Å². The summed E-state index contributed by atoms with van der Waals surface area (Å²) in [6.45, 7) is 7.82. The predicted octanol–water partition coefficient (Wildman–Crippen LogP) is 4.42. The molecule has 1 N–H and O–H groups in total. The van der Waals surface area contributed by atoms with Gasteiger partial charge < -0.3 is 9.55 Å². The van der Waals surface area contributed by atoms with Gasteiger partial charge in [-0.15, -0.1) is 0 Å². The molecular weight excluding hydrogens is 228 g/mol. The molecule has 0 saturated heterocycles. The highest BCUT2D eigenvalue weighted by atomic mass is 32.1. The maximum atomic E-state index is 5.39. The largest absolute Gasteiger partial charge is 0.337 e. The lowest BCUT2D eigenvalue weighted by Gasteiger charge is -2.21. The molecule has 1 aromatic rings. The smallest absolute Gasteiger partial charge is 0.177 e. The minimum Gasteiger partial charge on any atom is -0.337 e. The van der Waals surface area contributed by atoms with Crippen molar-refractivity contribution in [1.29, 1.82) is 0 Å². The van der Waals surface area contributed by atoms with Crippen LogP contribution in [-0.2, 0) is 12.0 Å². The van der Waals surface area contributed by atoms with Crippen LogP contribution < -0.4 is 0 Å². The van der Waals surface area contributed by atoms with Crippen LogP contribution in [0, 0.1) is 10.7 Å². The van der Waals surface area contributed by atoms with E-state index in [0.29, 0.717) is 0 Å². The Labute approximate surface area is 109 Å². The Kier molecular flexibility index (Phi) is 3.76. The number of imidazole rings is 1. The second kappa shape index (κ2) is 4.97. The maximum Gasteiger partial charge on any atom is 0.177 e. The summed E-state index contributed by atoms with van der Waals surface area (Å²) in [6, 6.07) is 0. The van der Waals surface area contributed by atoms with E-state index >= 15 is 0 Å². The van der Waals surface area contributed by atoms with Crippen LogP contribution in [0.25, 0.3) is 0 Å². The second-order valence-corrected chi connectivity index (χ2v) is 6.71. The lowest BCUT2D eigenvalue weighted by Crippen LogP contribution is -2.18. The number of nitrogens with one attached hydrogen (secondary N) is 1. The topological polar surface area (TPSA) is 20.7 Å². The van der Waals surface area contributed by atoms with Gasteiger partial charge in [0.25, 0.3) is 0 Å². The average Bonchev–Trinajstić information content (AvgIpc) is 2.83. The lowest BCUT2D eigenvalue weighted by atomic mass is 9.92. The summed E-state index contributed by atoms with van der Waals surface area (Å²) in [4.78, 5) is 3.20. The van der Waals surface area contributed by atoms with E-state index in [1.807, 2.05) is 0 Å². The number of nitrogens with zero attached hydrogens (tertiary/aromatic N) is 1. The molecule has 0 atom stereocenters. The molecule has 17 heavy (non-hydrogen) atoms. The Morgan fingerprint density at radius 3 is 2.59 bits per heavy atom. The van der Waals surface area contributed by atoms with Gasteiger partial charge in [-0.3, -0.25) is 0 Å². The first-order valence-corrected chi connectivity index (χ1v) is 7.18. The van der Waals surface area contributed by atoms with Crippen molar-refractivity contribution >= 4 is 12.2 Å². The number of aromatic amines is 1. The monoisotopic (exact) mass is 252 g/mol. The minimum absolute atomic E-state index is 0.170. The summed E-state index contributed by atoms with van der Waals surface area (Å²) in [5, 5.41) is 0. The fourth-order valence-electron chi connectivity index (χ4n) is 2.85. The second-order valence-electron chi connectivity index (χ2n) is 6.32. The highest BCUT2D eigenvalue weighted by Crippen LogP contribution is 2.29. The molecule has 0 bridgehead atoms. The maximum absolute atomic E-state index is 5.39. The van der Waals surface area contributed by atoms with Gasteiger partial charge >= 0.3 is 0 Å². The summed E-state index contributed by atoms with van der Waals surface area (Å²) < 4.78 is 3.18. The third-order valence-electron chi connectivity index (χ3n) is 3.87. The van der Waals surface area contributed by atoms with E-state index in [0.717, 1.165) is 17.2 Å². The van der Waals surface area contributed by atoms with Gasteiger partial charge in [0.1, 0.15) is 0 Å². The van der Waals surface area contributed by atoms with Crippen LogP contribution in [0.15, 0.2) is 6.20 Å². The average molecular weight is 252 g/mol. The molecule has 1 saturated carbocycles. The van der Waals surface area contributed by atoms with Crippen LogP contribution >= 0.6 is 12.2 Å². The van der Waals surface area contributed by atoms with Crippen LogP contribution in [0.4, 0.5) is 0 Å². The first kappa shape index (κ1) is 12.9. The minimum atomic E-state index is 0.170.